The maximum Gasteiger partial charge on any atom is 0.320 e. The van der Waals surface area contributed by atoms with Crippen LogP contribution >= 0.6 is 0 Å². The van der Waals surface area contributed by atoms with Crippen molar-refractivity contribution in [2.75, 3.05) is 14.1 Å². The molecule has 6 aromatic rings. The monoisotopic (exact) mass is 1130 g/mol. The lowest BCUT2D eigenvalue weighted by atomic mass is 9.87. The van der Waals surface area contributed by atoms with Crippen LogP contribution in [0.15, 0.2) is 109 Å². The molecule has 4 atom stereocenters. The van der Waals surface area contributed by atoms with Crippen molar-refractivity contribution in [3.63, 3.8) is 0 Å². The Balaban J connectivity index is 0.000000201. The maximum atomic E-state index is 14.2. The van der Waals surface area contributed by atoms with Crippen molar-refractivity contribution in [3.05, 3.63) is 166 Å². The lowest BCUT2D eigenvalue weighted by Crippen LogP contribution is -2.44. The molecule has 1 N–H and O–H groups in total. The van der Waals surface area contributed by atoms with Gasteiger partial charge in [-0.3, -0.25) is 19.6 Å². The van der Waals surface area contributed by atoms with Gasteiger partial charge < -0.3 is 34.1 Å². The van der Waals surface area contributed by atoms with Crippen molar-refractivity contribution in [1.82, 2.24) is 25.1 Å². The number of rotatable bonds is 12. The average Bonchev–Trinajstić information content (AvgIpc) is 2.65. The van der Waals surface area contributed by atoms with Gasteiger partial charge in [-0.15, -0.1) is 0 Å². The van der Waals surface area contributed by atoms with Gasteiger partial charge in [-0.2, -0.15) is 0 Å². The third-order valence-electron chi connectivity index (χ3n) is 15.4. The van der Waals surface area contributed by atoms with E-state index in [0.29, 0.717) is 45.3 Å². The number of hydrogen-bond acceptors (Lipinski definition) is 10. The zero-order chi connectivity index (χ0) is 59.5. The number of carbonyl (C=O) groups excluding carboxylic acids is 3. The Morgan fingerprint density at radius 2 is 1.05 bits per heavy atom. The molecule has 0 radical (unpaired) electrons. The fourth-order valence-electron chi connectivity index (χ4n) is 12.0. The topological polar surface area (TPSA) is 132 Å². The summed E-state index contributed by atoms with van der Waals surface area (Å²) in [5.41, 5.74) is 15.7. The smallest absolute Gasteiger partial charge is 0.320 e. The molecular weight excluding hydrogens is 1050 g/mol. The number of halogens is 2. The molecule has 0 spiro atoms. The quantitative estimate of drug-likeness (QED) is 0.126. The number of amides is 2. The minimum Gasteiger partial charge on any atom is -0.347 e. The SMILES string of the molecule is CC(=O)C[C@H]1C[C@@H](/C=C/c2c(C(C)C)nc3c(c2-c2ccc(F)cc2)CN(C(=O)N(C)C)Cc2ccccc2-3)OC(C)(C)O1.CC(=O)C[C@H]1C[C@@H](/C=C/c2c(C(C)C)nc3c(c2-c2ccc(F)cc2)CNCc2ccccc2-3)OC(C)(C)O1. The van der Waals surface area contributed by atoms with Gasteiger partial charge in [0.2, 0.25) is 0 Å². The number of pyridine rings is 2. The van der Waals surface area contributed by atoms with Crippen LogP contribution in [0.25, 0.3) is 56.9 Å². The first-order chi connectivity index (χ1) is 39.4. The van der Waals surface area contributed by atoms with Gasteiger partial charge in [0.15, 0.2) is 11.6 Å². The van der Waals surface area contributed by atoms with Gasteiger partial charge in [-0.25, -0.2) is 13.6 Å². The van der Waals surface area contributed by atoms with E-state index in [9.17, 15) is 23.2 Å². The number of ketones is 2. The summed E-state index contributed by atoms with van der Waals surface area (Å²) in [7, 11) is 3.51. The minimum atomic E-state index is -0.850. The minimum absolute atomic E-state index is 0.0617. The van der Waals surface area contributed by atoms with Crippen LogP contribution in [0.5, 0.6) is 0 Å². The van der Waals surface area contributed by atoms with E-state index in [1.54, 1.807) is 45.0 Å². The van der Waals surface area contributed by atoms with Gasteiger partial charge >= 0.3 is 6.03 Å². The Kier molecular flexibility index (Phi) is 18.5. The molecule has 4 aliphatic heterocycles. The number of aromatic nitrogens is 2. The van der Waals surface area contributed by atoms with E-state index in [1.165, 1.54) is 29.8 Å². The summed E-state index contributed by atoms with van der Waals surface area (Å²) in [5, 5.41) is 3.59. The standard InChI is InChI=1S/C36H42FN3O4.C33H37FN2O3/c1-22(2)33-30(17-16-27-19-28(18-23(3)41)44-36(4,5)43-27)32(24-12-14-26(37)15-13-24)31-21-40(35(42)39(6)7)20-25-10-8-9-11-29(25)34(31)38-33;1-20(2)31-28(15-14-25-17-26(16-21(3)37)39-33(4,5)38-25)30(22-10-12-24(34)13-11-22)29-19-35-18-23-8-6-7-9-27(23)32(29)36-31/h8-17,22,27-28H,18-21H2,1-7H3;6-15,20,25-26,35H,16-19H2,1-5H3/b17-16+;15-14+/t27-,28+;25-,26+/m11/s1. The number of nitrogens with one attached hydrogen (secondary N) is 1. The lowest BCUT2D eigenvalue weighted by Gasteiger charge is -2.39. The summed E-state index contributed by atoms with van der Waals surface area (Å²) in [5.74, 6) is -1.85. The van der Waals surface area contributed by atoms with Crippen LogP contribution in [0.3, 0.4) is 0 Å². The number of fused-ring (bicyclic) bond motifs is 6. The Labute approximate surface area is 488 Å². The van der Waals surface area contributed by atoms with E-state index in [0.717, 1.165) is 90.5 Å². The van der Waals surface area contributed by atoms with Crippen LogP contribution in [0, 0.1) is 11.6 Å². The van der Waals surface area contributed by atoms with E-state index in [2.05, 4.69) is 75.5 Å². The average molecular weight is 1130 g/mol. The highest BCUT2D eigenvalue weighted by molar-refractivity contribution is 5.88. The molecule has 0 unspecified atom stereocenters. The van der Waals surface area contributed by atoms with E-state index in [-0.39, 0.29) is 65.5 Å². The highest BCUT2D eigenvalue weighted by atomic mass is 19.1. The zero-order valence-corrected chi connectivity index (χ0v) is 50.1. The Morgan fingerprint density at radius 3 is 1.51 bits per heavy atom. The summed E-state index contributed by atoms with van der Waals surface area (Å²) in [6.45, 7) is 21.4. The molecule has 83 heavy (non-hydrogen) atoms. The molecule has 0 bridgehead atoms. The fraction of sp³-hybridized carbons (Fsp3) is 0.406. The second-order valence-corrected chi connectivity index (χ2v) is 24.1. The number of hydrogen-bond donors (Lipinski definition) is 1. The normalized spacial score (nSPS) is 19.9. The fourth-order valence-corrected chi connectivity index (χ4v) is 12.0. The van der Waals surface area contributed by atoms with Crippen molar-refractivity contribution in [2.24, 2.45) is 0 Å². The summed E-state index contributed by atoms with van der Waals surface area (Å²) >= 11 is 0. The van der Waals surface area contributed by atoms with E-state index >= 15 is 0 Å². The molecule has 2 saturated heterocycles. The number of nitrogens with zero attached hydrogens (tertiary/aromatic N) is 4. The predicted octanol–water partition coefficient (Wildman–Crippen LogP) is 14.8. The van der Waals surface area contributed by atoms with Gasteiger partial charge in [-0.1, -0.05) is 125 Å². The van der Waals surface area contributed by atoms with Crippen molar-refractivity contribution in [3.8, 4) is 44.8 Å². The van der Waals surface area contributed by atoms with Crippen LogP contribution in [-0.2, 0) is 54.7 Å². The Hall–Kier alpha value is -7.07. The second-order valence-electron chi connectivity index (χ2n) is 24.1. The van der Waals surface area contributed by atoms with E-state index in [1.807, 2.05) is 75.1 Å². The van der Waals surface area contributed by atoms with Crippen molar-refractivity contribution in [1.29, 1.82) is 0 Å². The number of carbonyl (C=O) groups is 3. The molecule has 0 saturated carbocycles. The van der Waals surface area contributed by atoms with Crippen LogP contribution in [0.2, 0.25) is 0 Å². The van der Waals surface area contributed by atoms with Crippen LogP contribution < -0.4 is 5.32 Å². The van der Waals surface area contributed by atoms with E-state index in [4.69, 9.17) is 28.9 Å². The maximum absolute atomic E-state index is 14.2. The van der Waals surface area contributed by atoms with Gasteiger partial charge in [0, 0.05) is 92.8 Å². The molecule has 4 aromatic carbocycles. The molecule has 12 nitrogen and oxygen atoms in total. The number of urea groups is 1. The Morgan fingerprint density at radius 1 is 0.614 bits per heavy atom. The van der Waals surface area contributed by atoms with Gasteiger partial charge in [0.1, 0.15) is 23.2 Å². The predicted molar refractivity (Wildman–Crippen MR) is 323 cm³/mol. The zero-order valence-electron chi connectivity index (χ0n) is 50.1. The van der Waals surface area contributed by atoms with Crippen molar-refractivity contribution >= 4 is 29.7 Å². The van der Waals surface area contributed by atoms with Gasteiger partial charge in [-0.05, 0) is 111 Å². The molecule has 2 aromatic heterocycles. The van der Waals surface area contributed by atoms with Crippen LogP contribution in [-0.4, -0.2) is 87.5 Å². The summed E-state index contributed by atoms with van der Waals surface area (Å²) < 4.78 is 52.8. The Bertz CT molecular complexity index is 3420. The number of Topliss-reactive ketones (excluding diaryl/α,β-unsaturated/α-hetero) is 2. The molecule has 10 rings (SSSR count). The van der Waals surface area contributed by atoms with Gasteiger partial charge in [0.25, 0.3) is 0 Å². The van der Waals surface area contributed by atoms with Crippen molar-refractivity contribution in [2.45, 2.75) is 169 Å². The highest BCUT2D eigenvalue weighted by Crippen LogP contribution is 2.44. The first kappa shape index (κ1) is 60.5. The highest BCUT2D eigenvalue weighted by Gasteiger charge is 2.37. The first-order valence-electron chi connectivity index (χ1n) is 29.0. The van der Waals surface area contributed by atoms with Crippen LogP contribution in [0.1, 0.15) is 152 Å². The molecule has 2 amide bonds. The third kappa shape index (κ3) is 14.3. The van der Waals surface area contributed by atoms with E-state index < -0.39 is 11.6 Å². The largest absolute Gasteiger partial charge is 0.347 e. The number of benzene rings is 4. The summed E-state index contributed by atoms with van der Waals surface area (Å²) in [6, 6.07) is 29.6. The van der Waals surface area contributed by atoms with Crippen molar-refractivity contribution < 1.29 is 42.1 Å². The second kappa shape index (κ2) is 25.4. The summed E-state index contributed by atoms with van der Waals surface area (Å²) in [4.78, 5) is 51.2. The third-order valence-corrected chi connectivity index (χ3v) is 15.4. The molecule has 4 aliphatic rings. The molecule has 6 heterocycles. The molecule has 2 fully saturated rings. The lowest BCUT2D eigenvalue weighted by molar-refractivity contribution is -0.290. The molecule has 0 aliphatic carbocycles. The molecule has 436 valence electrons. The molecule has 14 heteroatoms. The number of ether oxygens (including phenoxy) is 4. The molecular formula is C69H79F2N5O7. The first-order valence-corrected chi connectivity index (χ1v) is 29.0. The summed E-state index contributed by atoms with van der Waals surface area (Å²) in [6.07, 6.45) is 9.09. The van der Waals surface area contributed by atoms with Gasteiger partial charge in [0.05, 0.1) is 53.7 Å². The van der Waals surface area contributed by atoms with Crippen LogP contribution in [0.4, 0.5) is 13.6 Å².